The van der Waals surface area contributed by atoms with Crippen molar-refractivity contribution in [2.24, 2.45) is 0 Å². The molecule has 1 aromatic carbocycles. The number of nitrogens with one attached hydrogen (secondary N) is 2. The zero-order valence-electron chi connectivity index (χ0n) is 21.6. The van der Waals surface area contributed by atoms with Crippen LogP contribution < -0.4 is 14.8 Å². The van der Waals surface area contributed by atoms with E-state index in [9.17, 15) is 9.59 Å². The van der Waals surface area contributed by atoms with Crippen molar-refractivity contribution < 1.29 is 19.1 Å². The van der Waals surface area contributed by atoms with Crippen molar-refractivity contribution in [1.29, 1.82) is 0 Å². The van der Waals surface area contributed by atoms with Gasteiger partial charge in [0.25, 0.3) is 5.91 Å². The van der Waals surface area contributed by atoms with E-state index < -0.39 is 5.54 Å². The summed E-state index contributed by atoms with van der Waals surface area (Å²) in [6.45, 7) is 4.58. The fraction of sp³-hybridized carbons (Fsp3) is 0.345. The highest BCUT2D eigenvalue weighted by Gasteiger charge is 2.44. The number of rotatable bonds is 7. The fourth-order valence-electron chi connectivity index (χ4n) is 5.09. The average molecular weight is 533 g/mol. The number of H-pyrrole nitrogens is 1. The molecule has 1 aliphatic heterocycles. The number of likely N-dealkylation sites (tertiary alicyclic amines) is 1. The summed E-state index contributed by atoms with van der Waals surface area (Å²) in [4.78, 5) is 35.0. The van der Waals surface area contributed by atoms with E-state index in [0.717, 1.165) is 30.5 Å². The third-order valence-corrected chi connectivity index (χ3v) is 7.51. The van der Waals surface area contributed by atoms with Crippen LogP contribution in [0, 0.1) is 11.8 Å². The molecule has 2 aliphatic rings. The molecule has 9 heteroatoms. The minimum atomic E-state index is -0.464. The molecule has 0 bridgehead atoms. The monoisotopic (exact) mass is 532 g/mol. The van der Waals surface area contributed by atoms with Gasteiger partial charge in [-0.25, -0.2) is 0 Å². The predicted octanol–water partition coefficient (Wildman–Crippen LogP) is 5.39. The number of amides is 1. The van der Waals surface area contributed by atoms with E-state index >= 15 is 0 Å². The molecule has 2 aromatic heterocycles. The summed E-state index contributed by atoms with van der Waals surface area (Å²) >= 11 is 6.38. The number of aromatic amines is 1. The first-order valence-corrected chi connectivity index (χ1v) is 12.9. The van der Waals surface area contributed by atoms with Gasteiger partial charge in [0.15, 0.2) is 11.5 Å². The molecule has 38 heavy (non-hydrogen) atoms. The number of hydrogen-bond donors (Lipinski definition) is 2. The van der Waals surface area contributed by atoms with Crippen LogP contribution in [0.3, 0.4) is 0 Å². The molecule has 0 spiro atoms. The molecule has 3 heterocycles. The van der Waals surface area contributed by atoms with E-state index in [-0.39, 0.29) is 18.3 Å². The van der Waals surface area contributed by atoms with E-state index in [1.54, 1.807) is 37.4 Å². The van der Waals surface area contributed by atoms with Crippen LogP contribution >= 0.6 is 11.6 Å². The Morgan fingerprint density at radius 2 is 2.16 bits per heavy atom. The maximum atomic E-state index is 13.1. The number of hydrogen-bond acceptors (Lipinski definition) is 6. The number of Topliss-reactive ketones (excluding diaryl/α,β-unsaturated/α-hetero) is 1. The zero-order valence-corrected chi connectivity index (χ0v) is 22.4. The number of fused-ring (bicyclic) bond motifs is 1. The quantitative estimate of drug-likeness (QED) is 0.396. The first kappa shape index (κ1) is 25.7. The summed E-state index contributed by atoms with van der Waals surface area (Å²) in [6, 6.07) is 7.28. The second-order valence-electron chi connectivity index (χ2n) is 9.69. The lowest BCUT2D eigenvalue weighted by molar-refractivity contribution is -0.141. The van der Waals surface area contributed by atoms with E-state index in [0.29, 0.717) is 52.1 Å². The molecule has 196 valence electrons. The fourth-order valence-corrected chi connectivity index (χ4v) is 5.34. The number of carbonyl (C=O) groups is 2. The summed E-state index contributed by atoms with van der Waals surface area (Å²) in [6.07, 6.45) is 6.18. The van der Waals surface area contributed by atoms with Crippen molar-refractivity contribution in [3.05, 3.63) is 52.9 Å². The summed E-state index contributed by atoms with van der Waals surface area (Å²) in [5.74, 6) is 6.20. The molecule has 3 aromatic rings. The van der Waals surface area contributed by atoms with Crippen molar-refractivity contribution in [2.75, 3.05) is 25.6 Å². The number of anilines is 2. The number of aryl methyl sites for hydroxylation is 1. The van der Waals surface area contributed by atoms with Gasteiger partial charge in [0.2, 0.25) is 0 Å². The Morgan fingerprint density at radius 3 is 2.89 bits per heavy atom. The Balaban J connectivity index is 1.53. The molecule has 1 aliphatic carbocycles. The summed E-state index contributed by atoms with van der Waals surface area (Å²) in [5, 5.41) is 3.88. The molecular weight excluding hydrogens is 504 g/mol. The average Bonchev–Trinajstić information content (AvgIpc) is 3.26. The molecule has 1 atom stereocenters. The third-order valence-electron chi connectivity index (χ3n) is 7.21. The van der Waals surface area contributed by atoms with Crippen molar-refractivity contribution in [3.63, 3.8) is 0 Å². The first-order valence-electron chi connectivity index (χ1n) is 12.6. The Hall–Kier alpha value is -3.96. The summed E-state index contributed by atoms with van der Waals surface area (Å²) in [5.41, 5.74) is 3.81. The molecule has 0 saturated carbocycles. The van der Waals surface area contributed by atoms with Crippen LogP contribution in [0.5, 0.6) is 11.5 Å². The van der Waals surface area contributed by atoms with Crippen LogP contribution in [0.2, 0.25) is 5.02 Å². The van der Waals surface area contributed by atoms with Crippen LogP contribution in [0.25, 0.3) is 11.3 Å². The number of ether oxygens (including phenoxy) is 2. The van der Waals surface area contributed by atoms with E-state index in [1.165, 1.54) is 0 Å². The zero-order chi connectivity index (χ0) is 26.9. The number of para-hydroxylation sites is 1. The molecule has 5 rings (SSSR count). The van der Waals surface area contributed by atoms with Gasteiger partial charge in [0, 0.05) is 30.4 Å². The number of nitrogens with zero attached hydrogens (tertiary/aromatic N) is 2. The third kappa shape index (κ3) is 4.59. The van der Waals surface area contributed by atoms with Gasteiger partial charge in [-0.2, -0.15) is 0 Å². The van der Waals surface area contributed by atoms with Crippen LogP contribution in [0.15, 0.2) is 36.7 Å². The van der Waals surface area contributed by atoms with Crippen LogP contribution in [-0.4, -0.2) is 52.4 Å². The van der Waals surface area contributed by atoms with Gasteiger partial charge in [0.1, 0.15) is 12.4 Å². The van der Waals surface area contributed by atoms with Gasteiger partial charge >= 0.3 is 0 Å². The number of methoxy groups -OCH3 is 1. The van der Waals surface area contributed by atoms with Crippen LogP contribution in [0.1, 0.15) is 49.2 Å². The van der Waals surface area contributed by atoms with Gasteiger partial charge in [0.05, 0.1) is 46.5 Å². The molecule has 0 unspecified atom stereocenters. The predicted molar refractivity (Wildman–Crippen MR) is 146 cm³/mol. The Kier molecular flexibility index (Phi) is 7.04. The van der Waals surface area contributed by atoms with Crippen LogP contribution in [-0.2, 0) is 11.2 Å². The minimum absolute atomic E-state index is 0.0712. The molecule has 1 fully saturated rings. The topological polar surface area (TPSA) is 96.6 Å². The number of aromatic nitrogens is 2. The lowest BCUT2D eigenvalue weighted by atomic mass is 9.87. The van der Waals surface area contributed by atoms with Crippen molar-refractivity contribution in [2.45, 2.75) is 45.1 Å². The van der Waals surface area contributed by atoms with Crippen LogP contribution in [0.4, 0.5) is 11.4 Å². The maximum Gasteiger partial charge on any atom is 0.299 e. The Labute approximate surface area is 226 Å². The molecule has 1 amide bonds. The molecule has 2 N–H and O–H groups in total. The van der Waals surface area contributed by atoms with Gasteiger partial charge in [-0.15, -0.1) is 0 Å². The lowest BCUT2D eigenvalue weighted by Crippen LogP contribution is -2.63. The van der Waals surface area contributed by atoms with E-state index in [1.807, 2.05) is 25.1 Å². The molecular formula is C29H29ClN4O4. The largest absolute Gasteiger partial charge is 0.493 e. The highest BCUT2D eigenvalue weighted by molar-refractivity contribution is 6.32. The van der Waals surface area contributed by atoms with Gasteiger partial charge in [-0.05, 0) is 57.2 Å². The highest BCUT2D eigenvalue weighted by Crippen LogP contribution is 2.44. The number of carbonyl (C=O) groups excluding carboxylic acids is 2. The molecule has 0 radical (unpaired) electrons. The van der Waals surface area contributed by atoms with E-state index in [4.69, 9.17) is 21.1 Å². The maximum absolute atomic E-state index is 13.1. The number of benzene rings is 1. The Bertz CT molecular complexity index is 1470. The standard InChI is InChI=1S/C29H29ClN4O4/c1-4-7-24(36)34-15-13-29(34,2)17-38-23-16-31-14-12-18(23)26-27(25-20(32-26)9-6-11-22(25)35)33-21-10-5-8-19(30)28(21)37-3/h5,8,10,12,14,16,32-33H,6,9,11,13,15,17H2,1-3H3/t29-/m0/s1. The number of pyridine rings is 1. The number of halogens is 1. The van der Waals surface area contributed by atoms with Crippen molar-refractivity contribution in [3.8, 4) is 34.6 Å². The van der Waals surface area contributed by atoms with E-state index in [2.05, 4.69) is 27.1 Å². The second-order valence-corrected chi connectivity index (χ2v) is 10.1. The smallest absolute Gasteiger partial charge is 0.299 e. The van der Waals surface area contributed by atoms with Crippen molar-refractivity contribution in [1.82, 2.24) is 14.9 Å². The lowest BCUT2D eigenvalue weighted by Gasteiger charge is -2.49. The van der Waals surface area contributed by atoms with Gasteiger partial charge in [-0.1, -0.05) is 23.6 Å². The van der Waals surface area contributed by atoms with Gasteiger partial charge in [-0.3, -0.25) is 14.6 Å². The first-order chi connectivity index (χ1) is 18.4. The SMILES string of the molecule is CC#CC(=O)N1CC[C@@]1(C)COc1cnccc1-c1[nH]c2c(c1Nc1cccc(Cl)c1OC)C(=O)CCC2. The molecule has 1 saturated heterocycles. The molecule has 8 nitrogen and oxygen atoms in total. The second kappa shape index (κ2) is 10.4. The number of ketones is 1. The summed E-state index contributed by atoms with van der Waals surface area (Å²) in [7, 11) is 1.56. The van der Waals surface area contributed by atoms with Crippen molar-refractivity contribution >= 4 is 34.7 Å². The summed E-state index contributed by atoms with van der Waals surface area (Å²) < 4.78 is 11.8. The normalized spacial score (nSPS) is 18.1. The highest BCUT2D eigenvalue weighted by atomic mass is 35.5. The minimum Gasteiger partial charge on any atom is -0.493 e. The Morgan fingerprint density at radius 1 is 1.32 bits per heavy atom. The van der Waals surface area contributed by atoms with Gasteiger partial charge < -0.3 is 24.7 Å².